The van der Waals surface area contributed by atoms with Gasteiger partial charge in [0.25, 0.3) is 0 Å². The lowest BCUT2D eigenvalue weighted by atomic mass is 10.1. The number of fused-ring (bicyclic) bond motifs is 1. The average Bonchev–Trinajstić information content (AvgIpc) is 3.06. The van der Waals surface area contributed by atoms with Crippen LogP contribution in [0, 0.1) is 5.82 Å². The smallest absolute Gasteiger partial charge is 0.315 e. The van der Waals surface area contributed by atoms with Crippen LogP contribution in [0.15, 0.2) is 42.0 Å². The first-order valence-electron chi connectivity index (χ1n) is 6.88. The Balaban J connectivity index is 1.41. The number of carbonyl (C=O) groups excluding carboxylic acids is 1. The molecule has 0 radical (unpaired) electrons. The molecule has 0 aliphatic carbocycles. The van der Waals surface area contributed by atoms with E-state index in [1.54, 1.807) is 17.4 Å². The molecular weight excluding hydrogens is 303 g/mol. The molecule has 0 atom stereocenters. The minimum absolute atomic E-state index is 0.257. The molecule has 114 valence electrons. The fourth-order valence-electron chi connectivity index (χ4n) is 2.11. The molecule has 22 heavy (non-hydrogen) atoms. The van der Waals surface area contributed by atoms with Crippen LogP contribution in [0.25, 0.3) is 4.96 Å². The minimum Gasteiger partial charge on any atom is -0.338 e. The molecule has 3 aromatic rings. The van der Waals surface area contributed by atoms with Gasteiger partial charge in [-0.25, -0.2) is 14.2 Å². The average molecular weight is 318 g/mol. The van der Waals surface area contributed by atoms with Crippen LogP contribution in [-0.2, 0) is 13.0 Å². The van der Waals surface area contributed by atoms with Crippen molar-refractivity contribution in [2.24, 2.45) is 0 Å². The lowest BCUT2D eigenvalue weighted by molar-refractivity contribution is 0.240. The highest BCUT2D eigenvalue weighted by Crippen LogP contribution is 2.10. The first kappa shape index (κ1) is 14.5. The summed E-state index contributed by atoms with van der Waals surface area (Å²) < 4.78 is 14.9. The van der Waals surface area contributed by atoms with E-state index >= 15 is 0 Å². The van der Waals surface area contributed by atoms with Gasteiger partial charge in [-0.15, -0.1) is 11.3 Å². The molecule has 2 aromatic heterocycles. The van der Waals surface area contributed by atoms with Gasteiger partial charge in [0.1, 0.15) is 5.82 Å². The molecule has 3 rings (SSSR count). The third kappa shape index (κ3) is 3.62. The van der Waals surface area contributed by atoms with Crippen molar-refractivity contribution < 1.29 is 9.18 Å². The van der Waals surface area contributed by atoms with Crippen molar-refractivity contribution in [3.05, 3.63) is 59.1 Å². The number of halogens is 1. The van der Waals surface area contributed by atoms with Crippen molar-refractivity contribution >= 4 is 22.3 Å². The molecule has 1 aromatic carbocycles. The van der Waals surface area contributed by atoms with Crippen molar-refractivity contribution in [3.8, 4) is 0 Å². The number of amides is 2. The second-order valence-electron chi connectivity index (χ2n) is 4.81. The highest BCUT2D eigenvalue weighted by Gasteiger charge is 2.05. The zero-order chi connectivity index (χ0) is 15.4. The SMILES string of the molecule is O=C(NCCc1cccc(F)c1)NCc1cn2ccsc2n1. The number of benzene rings is 1. The normalized spacial score (nSPS) is 10.8. The maximum Gasteiger partial charge on any atom is 0.315 e. The van der Waals surface area contributed by atoms with Crippen LogP contribution >= 0.6 is 11.3 Å². The van der Waals surface area contributed by atoms with Crippen LogP contribution < -0.4 is 10.6 Å². The van der Waals surface area contributed by atoms with Gasteiger partial charge >= 0.3 is 6.03 Å². The van der Waals surface area contributed by atoms with Crippen LogP contribution in [0.3, 0.4) is 0 Å². The summed E-state index contributed by atoms with van der Waals surface area (Å²) in [6, 6.07) is 6.11. The molecule has 0 aliphatic rings. The summed E-state index contributed by atoms with van der Waals surface area (Å²) in [6.45, 7) is 0.827. The standard InChI is InChI=1S/C15H15FN4OS/c16-12-3-1-2-11(8-12)4-5-17-14(21)18-9-13-10-20-6-7-22-15(20)19-13/h1-3,6-8,10H,4-5,9H2,(H2,17,18,21). The zero-order valence-electron chi connectivity index (χ0n) is 11.8. The number of thiazole rings is 1. The Morgan fingerprint density at radius 1 is 1.36 bits per heavy atom. The van der Waals surface area contributed by atoms with Gasteiger partial charge in [-0.1, -0.05) is 12.1 Å². The monoisotopic (exact) mass is 318 g/mol. The second-order valence-corrected chi connectivity index (χ2v) is 5.69. The van der Waals surface area contributed by atoms with Crippen LogP contribution in [0.2, 0.25) is 0 Å². The van der Waals surface area contributed by atoms with Crippen molar-refractivity contribution in [2.45, 2.75) is 13.0 Å². The maximum atomic E-state index is 13.0. The third-order valence-electron chi connectivity index (χ3n) is 3.16. The van der Waals surface area contributed by atoms with Gasteiger partial charge in [-0.05, 0) is 24.1 Å². The molecule has 2 N–H and O–H groups in total. The summed E-state index contributed by atoms with van der Waals surface area (Å²) in [5.41, 5.74) is 1.67. The number of nitrogens with zero attached hydrogens (tertiary/aromatic N) is 2. The van der Waals surface area contributed by atoms with Gasteiger partial charge in [-0.3, -0.25) is 4.40 Å². The lowest BCUT2D eigenvalue weighted by Gasteiger charge is -2.06. The summed E-state index contributed by atoms with van der Waals surface area (Å²) in [5.74, 6) is -0.262. The number of hydrogen-bond acceptors (Lipinski definition) is 3. The quantitative estimate of drug-likeness (QED) is 0.759. The highest BCUT2D eigenvalue weighted by atomic mass is 32.1. The van der Waals surface area contributed by atoms with Crippen molar-refractivity contribution in [1.82, 2.24) is 20.0 Å². The highest BCUT2D eigenvalue weighted by molar-refractivity contribution is 7.15. The van der Waals surface area contributed by atoms with E-state index in [0.29, 0.717) is 19.5 Å². The Bertz CT molecular complexity index is 754. The van der Waals surface area contributed by atoms with Gasteiger partial charge in [0, 0.05) is 24.3 Å². The molecule has 0 bridgehead atoms. The molecule has 0 aliphatic heterocycles. The number of rotatable bonds is 5. The predicted octanol–water partition coefficient (Wildman–Crippen LogP) is 2.58. The van der Waals surface area contributed by atoms with Gasteiger partial charge in [-0.2, -0.15) is 0 Å². The Kier molecular flexibility index (Phi) is 4.34. The van der Waals surface area contributed by atoms with Crippen LogP contribution in [0.1, 0.15) is 11.3 Å². The van der Waals surface area contributed by atoms with Crippen molar-refractivity contribution in [3.63, 3.8) is 0 Å². The Morgan fingerprint density at radius 2 is 2.27 bits per heavy atom. The fraction of sp³-hybridized carbons (Fsp3) is 0.200. The molecule has 5 nitrogen and oxygen atoms in total. The first-order valence-corrected chi connectivity index (χ1v) is 7.76. The molecule has 2 heterocycles. The predicted molar refractivity (Wildman–Crippen MR) is 83.4 cm³/mol. The van der Waals surface area contributed by atoms with E-state index in [9.17, 15) is 9.18 Å². The number of carbonyl (C=O) groups is 1. The largest absolute Gasteiger partial charge is 0.338 e. The van der Waals surface area contributed by atoms with E-state index in [1.807, 2.05) is 28.2 Å². The summed E-state index contributed by atoms with van der Waals surface area (Å²) in [7, 11) is 0. The van der Waals surface area contributed by atoms with E-state index in [4.69, 9.17) is 0 Å². The topological polar surface area (TPSA) is 58.4 Å². The van der Waals surface area contributed by atoms with Gasteiger partial charge in [0.2, 0.25) is 0 Å². The maximum absolute atomic E-state index is 13.0. The molecule has 0 spiro atoms. The molecule has 7 heteroatoms. The Morgan fingerprint density at radius 3 is 3.09 bits per heavy atom. The van der Waals surface area contributed by atoms with E-state index < -0.39 is 0 Å². The molecule has 0 unspecified atom stereocenters. The van der Waals surface area contributed by atoms with Crippen molar-refractivity contribution in [2.75, 3.05) is 6.54 Å². The summed E-state index contributed by atoms with van der Waals surface area (Å²) in [4.78, 5) is 17.0. The summed E-state index contributed by atoms with van der Waals surface area (Å²) in [6.07, 6.45) is 4.40. The van der Waals surface area contributed by atoms with Crippen LogP contribution in [-0.4, -0.2) is 22.0 Å². The Labute approximate surface area is 130 Å². The zero-order valence-corrected chi connectivity index (χ0v) is 12.6. The van der Waals surface area contributed by atoms with E-state index in [1.165, 1.54) is 12.1 Å². The first-order chi connectivity index (χ1) is 10.7. The second kappa shape index (κ2) is 6.57. The molecular formula is C15H15FN4OS. The lowest BCUT2D eigenvalue weighted by Crippen LogP contribution is -2.36. The van der Waals surface area contributed by atoms with Gasteiger partial charge < -0.3 is 10.6 Å². The van der Waals surface area contributed by atoms with Gasteiger partial charge in [0.15, 0.2) is 4.96 Å². The molecule has 2 amide bonds. The number of imidazole rings is 1. The van der Waals surface area contributed by atoms with Crippen LogP contribution in [0.4, 0.5) is 9.18 Å². The van der Waals surface area contributed by atoms with Crippen LogP contribution in [0.5, 0.6) is 0 Å². The third-order valence-corrected chi connectivity index (χ3v) is 3.93. The van der Waals surface area contributed by atoms with Gasteiger partial charge in [0.05, 0.1) is 12.2 Å². The fourth-order valence-corrected chi connectivity index (χ4v) is 2.83. The van der Waals surface area contributed by atoms with E-state index in [0.717, 1.165) is 16.2 Å². The van der Waals surface area contributed by atoms with E-state index in [2.05, 4.69) is 15.6 Å². The summed E-state index contributed by atoms with van der Waals surface area (Å²) >= 11 is 1.55. The van der Waals surface area contributed by atoms with E-state index in [-0.39, 0.29) is 11.8 Å². The number of aromatic nitrogens is 2. The molecule has 0 saturated carbocycles. The number of hydrogen-bond donors (Lipinski definition) is 2. The summed E-state index contributed by atoms with van der Waals surface area (Å²) in [5, 5.41) is 7.45. The number of urea groups is 1. The molecule has 0 fully saturated rings. The van der Waals surface area contributed by atoms with Crippen molar-refractivity contribution in [1.29, 1.82) is 0 Å². The number of nitrogens with one attached hydrogen (secondary N) is 2. The molecule has 0 saturated heterocycles. The minimum atomic E-state index is -0.262. The Hall–Kier alpha value is -2.41.